The van der Waals surface area contributed by atoms with Crippen LogP contribution in [-0.2, 0) is 7.05 Å². The number of halogens is 1. The molecule has 0 spiro atoms. The highest BCUT2D eigenvalue weighted by Crippen LogP contribution is 2.26. The fourth-order valence-corrected chi connectivity index (χ4v) is 1.80. The zero-order valence-electron chi connectivity index (χ0n) is 7.41. The SMILES string of the molecule is COc1nc(Br)cc2ccn(C)c12. The fourth-order valence-electron chi connectivity index (χ4n) is 1.39. The van der Waals surface area contributed by atoms with Crippen molar-refractivity contribution in [1.29, 1.82) is 0 Å². The lowest BCUT2D eigenvalue weighted by Crippen LogP contribution is -1.93. The average Bonchev–Trinajstić information content (AvgIpc) is 2.46. The standard InChI is InChI=1S/C9H9BrN2O/c1-12-4-3-6-5-7(10)11-9(13-2)8(6)12/h3-5H,1-2H3. The van der Waals surface area contributed by atoms with Gasteiger partial charge in [0.2, 0.25) is 5.88 Å². The van der Waals surface area contributed by atoms with Gasteiger partial charge in [0.1, 0.15) is 10.1 Å². The molecule has 0 unspecified atom stereocenters. The van der Waals surface area contributed by atoms with Gasteiger partial charge in [-0.2, -0.15) is 0 Å². The summed E-state index contributed by atoms with van der Waals surface area (Å²) in [6.07, 6.45) is 1.99. The minimum atomic E-state index is 0.650. The molecule has 0 fully saturated rings. The molecule has 0 atom stereocenters. The minimum Gasteiger partial charge on any atom is -0.479 e. The molecule has 0 aliphatic rings. The van der Waals surface area contributed by atoms with E-state index in [1.165, 1.54) is 0 Å². The molecule has 68 valence electrons. The zero-order chi connectivity index (χ0) is 9.42. The molecule has 2 rings (SSSR count). The van der Waals surface area contributed by atoms with Gasteiger partial charge in [-0.15, -0.1) is 0 Å². The maximum atomic E-state index is 5.19. The van der Waals surface area contributed by atoms with Crippen LogP contribution in [0.5, 0.6) is 5.88 Å². The highest BCUT2D eigenvalue weighted by atomic mass is 79.9. The largest absolute Gasteiger partial charge is 0.479 e. The number of pyridine rings is 1. The topological polar surface area (TPSA) is 27.1 Å². The lowest BCUT2D eigenvalue weighted by Gasteiger charge is -2.03. The van der Waals surface area contributed by atoms with E-state index in [2.05, 4.69) is 20.9 Å². The van der Waals surface area contributed by atoms with Crippen molar-refractivity contribution in [3.8, 4) is 5.88 Å². The Labute approximate surface area is 84.5 Å². The number of aromatic nitrogens is 2. The number of hydrogen-bond acceptors (Lipinski definition) is 2. The molecular formula is C9H9BrN2O. The monoisotopic (exact) mass is 240 g/mol. The molecule has 0 saturated heterocycles. The van der Waals surface area contributed by atoms with Crippen LogP contribution < -0.4 is 4.74 Å². The quantitative estimate of drug-likeness (QED) is 0.716. The van der Waals surface area contributed by atoms with E-state index >= 15 is 0 Å². The molecule has 0 radical (unpaired) electrons. The Kier molecular flexibility index (Phi) is 2.00. The summed E-state index contributed by atoms with van der Waals surface area (Å²) in [5.41, 5.74) is 1.02. The number of hydrogen-bond donors (Lipinski definition) is 0. The first kappa shape index (κ1) is 8.56. The number of aryl methyl sites for hydroxylation is 1. The van der Waals surface area contributed by atoms with Crippen molar-refractivity contribution in [2.45, 2.75) is 0 Å². The molecule has 0 amide bonds. The van der Waals surface area contributed by atoms with Crippen LogP contribution in [-0.4, -0.2) is 16.7 Å². The van der Waals surface area contributed by atoms with E-state index in [0.717, 1.165) is 15.5 Å². The van der Waals surface area contributed by atoms with E-state index in [0.29, 0.717) is 5.88 Å². The second-order valence-corrected chi connectivity index (χ2v) is 3.63. The molecule has 0 bridgehead atoms. The predicted octanol–water partition coefficient (Wildman–Crippen LogP) is 2.34. The second-order valence-electron chi connectivity index (χ2n) is 2.82. The van der Waals surface area contributed by atoms with E-state index in [-0.39, 0.29) is 0 Å². The first-order chi connectivity index (χ1) is 6.22. The molecule has 0 saturated carbocycles. The van der Waals surface area contributed by atoms with Crippen molar-refractivity contribution >= 4 is 26.8 Å². The van der Waals surface area contributed by atoms with Gasteiger partial charge < -0.3 is 9.30 Å². The molecule has 4 heteroatoms. The summed E-state index contributed by atoms with van der Waals surface area (Å²) in [4.78, 5) is 4.23. The Morgan fingerprint density at radius 3 is 3.00 bits per heavy atom. The van der Waals surface area contributed by atoms with Gasteiger partial charge in [-0.25, -0.2) is 4.98 Å². The van der Waals surface area contributed by atoms with Crippen molar-refractivity contribution < 1.29 is 4.74 Å². The van der Waals surface area contributed by atoms with Gasteiger partial charge in [0.25, 0.3) is 0 Å². The third-order valence-electron chi connectivity index (χ3n) is 1.98. The summed E-state index contributed by atoms with van der Waals surface area (Å²) in [6.45, 7) is 0. The van der Waals surface area contributed by atoms with Gasteiger partial charge in [-0.1, -0.05) is 0 Å². The van der Waals surface area contributed by atoms with Crippen LogP contribution in [0, 0.1) is 0 Å². The van der Waals surface area contributed by atoms with Crippen LogP contribution >= 0.6 is 15.9 Å². The van der Waals surface area contributed by atoms with E-state index in [1.54, 1.807) is 7.11 Å². The van der Waals surface area contributed by atoms with Gasteiger partial charge in [0, 0.05) is 18.6 Å². The molecule has 0 aliphatic heterocycles. The Hall–Kier alpha value is -1.03. The molecule has 2 heterocycles. The van der Waals surface area contributed by atoms with Crippen LogP contribution in [0.25, 0.3) is 10.9 Å². The summed E-state index contributed by atoms with van der Waals surface area (Å²) in [7, 11) is 3.60. The summed E-state index contributed by atoms with van der Waals surface area (Å²) < 4.78 is 7.97. The third-order valence-corrected chi connectivity index (χ3v) is 2.39. The van der Waals surface area contributed by atoms with Crippen LogP contribution in [0.2, 0.25) is 0 Å². The van der Waals surface area contributed by atoms with Crippen molar-refractivity contribution in [1.82, 2.24) is 9.55 Å². The highest BCUT2D eigenvalue weighted by molar-refractivity contribution is 9.10. The molecular weight excluding hydrogens is 232 g/mol. The second kappa shape index (κ2) is 3.03. The van der Waals surface area contributed by atoms with Crippen LogP contribution in [0.3, 0.4) is 0 Å². The number of fused-ring (bicyclic) bond motifs is 1. The molecule has 0 N–H and O–H groups in total. The van der Waals surface area contributed by atoms with E-state index in [4.69, 9.17) is 4.74 Å². The predicted molar refractivity (Wildman–Crippen MR) is 55.0 cm³/mol. The van der Waals surface area contributed by atoms with Crippen LogP contribution in [0.4, 0.5) is 0 Å². The van der Waals surface area contributed by atoms with Crippen molar-refractivity contribution in [3.05, 3.63) is 22.9 Å². The number of ether oxygens (including phenoxy) is 1. The van der Waals surface area contributed by atoms with Crippen molar-refractivity contribution in [2.75, 3.05) is 7.11 Å². The normalized spacial score (nSPS) is 10.7. The van der Waals surface area contributed by atoms with Crippen molar-refractivity contribution in [3.63, 3.8) is 0 Å². The number of methoxy groups -OCH3 is 1. The van der Waals surface area contributed by atoms with Crippen molar-refractivity contribution in [2.24, 2.45) is 7.05 Å². The van der Waals surface area contributed by atoms with Gasteiger partial charge in [-0.05, 0) is 28.1 Å². The first-order valence-electron chi connectivity index (χ1n) is 3.88. The maximum absolute atomic E-state index is 5.19. The van der Waals surface area contributed by atoms with Gasteiger partial charge in [0.15, 0.2) is 0 Å². The number of rotatable bonds is 1. The Morgan fingerprint density at radius 1 is 1.54 bits per heavy atom. The Bertz CT molecular complexity index is 450. The van der Waals surface area contributed by atoms with Crippen LogP contribution in [0.15, 0.2) is 22.9 Å². The van der Waals surface area contributed by atoms with Crippen LogP contribution in [0.1, 0.15) is 0 Å². The van der Waals surface area contributed by atoms with E-state index < -0.39 is 0 Å². The lowest BCUT2D eigenvalue weighted by molar-refractivity contribution is 0.400. The van der Waals surface area contributed by atoms with Gasteiger partial charge in [0.05, 0.1) is 7.11 Å². The summed E-state index contributed by atoms with van der Waals surface area (Å²) in [5.74, 6) is 0.650. The molecule has 2 aromatic heterocycles. The summed E-state index contributed by atoms with van der Waals surface area (Å²) in [5, 5.41) is 1.13. The van der Waals surface area contributed by atoms with E-state index in [9.17, 15) is 0 Å². The molecule has 2 aromatic rings. The number of nitrogens with zero attached hydrogens (tertiary/aromatic N) is 2. The third kappa shape index (κ3) is 1.31. The van der Waals surface area contributed by atoms with Gasteiger partial charge in [-0.3, -0.25) is 0 Å². The molecule has 0 aliphatic carbocycles. The van der Waals surface area contributed by atoms with E-state index in [1.807, 2.05) is 29.9 Å². The highest BCUT2D eigenvalue weighted by Gasteiger charge is 2.07. The Morgan fingerprint density at radius 2 is 2.31 bits per heavy atom. The first-order valence-corrected chi connectivity index (χ1v) is 4.67. The molecule has 3 nitrogen and oxygen atoms in total. The minimum absolute atomic E-state index is 0.650. The summed E-state index contributed by atoms with van der Waals surface area (Å²) >= 11 is 3.33. The maximum Gasteiger partial charge on any atom is 0.239 e. The average molecular weight is 241 g/mol. The fraction of sp³-hybridized carbons (Fsp3) is 0.222. The lowest BCUT2D eigenvalue weighted by atomic mass is 10.3. The summed E-state index contributed by atoms with van der Waals surface area (Å²) in [6, 6.07) is 4.00. The molecule has 13 heavy (non-hydrogen) atoms. The zero-order valence-corrected chi connectivity index (χ0v) is 9.00. The molecule has 0 aromatic carbocycles. The Balaban J connectivity index is 2.85. The smallest absolute Gasteiger partial charge is 0.239 e. The van der Waals surface area contributed by atoms with Gasteiger partial charge >= 0.3 is 0 Å².